The third kappa shape index (κ3) is 3.40. The van der Waals surface area contributed by atoms with Gasteiger partial charge in [-0.05, 0) is 50.6 Å². The Morgan fingerprint density at radius 1 is 1.18 bits per heavy atom. The molecule has 0 bridgehead atoms. The first kappa shape index (κ1) is 16.4. The summed E-state index contributed by atoms with van der Waals surface area (Å²) in [5.74, 6) is 0.222. The molecule has 3 rings (SSSR count). The van der Waals surface area contributed by atoms with Gasteiger partial charge in [0, 0.05) is 13.1 Å². The quantitative estimate of drug-likeness (QED) is 0.810. The van der Waals surface area contributed by atoms with E-state index < -0.39 is 0 Å². The lowest BCUT2D eigenvalue weighted by Gasteiger charge is -2.26. The average molecular weight is 359 g/mol. The molecule has 0 saturated carbocycles. The molecular weight excluding hydrogens is 339 g/mol. The molecule has 2 atom stereocenters. The van der Waals surface area contributed by atoms with Gasteiger partial charge in [-0.15, -0.1) is 11.8 Å². The van der Waals surface area contributed by atoms with Crippen molar-refractivity contribution in [3.63, 3.8) is 0 Å². The molecule has 0 N–H and O–H groups in total. The van der Waals surface area contributed by atoms with E-state index in [-0.39, 0.29) is 16.5 Å². The van der Waals surface area contributed by atoms with Crippen LogP contribution in [0.2, 0.25) is 10.0 Å². The second-order valence-electron chi connectivity index (χ2n) is 5.88. The number of rotatable bonds is 4. The van der Waals surface area contributed by atoms with Gasteiger partial charge in [0.05, 0.1) is 15.3 Å². The third-order valence-electron chi connectivity index (χ3n) is 4.33. The number of carbonyl (C=O) groups is 1. The molecule has 2 aliphatic rings. The van der Waals surface area contributed by atoms with E-state index >= 15 is 0 Å². The zero-order valence-electron chi connectivity index (χ0n) is 12.6. The molecule has 22 heavy (non-hydrogen) atoms. The standard InChI is InChI=1S/C16H20Cl2N2OS/c1-11-15(21)20(9-8-19-6-2-3-7-19)16(22-11)12-4-5-13(17)14(18)10-12/h4-5,10-11,16H,2-3,6-9H2,1H3/t11-,16-/m0/s1. The highest BCUT2D eigenvalue weighted by molar-refractivity contribution is 8.01. The lowest BCUT2D eigenvalue weighted by atomic mass is 10.2. The van der Waals surface area contributed by atoms with E-state index in [9.17, 15) is 4.79 Å². The first-order valence-electron chi connectivity index (χ1n) is 7.69. The Morgan fingerprint density at radius 3 is 2.59 bits per heavy atom. The SMILES string of the molecule is C[C@@H]1S[C@@H](c2ccc(Cl)c(Cl)c2)N(CCN2CCCC2)C1=O. The van der Waals surface area contributed by atoms with Crippen molar-refractivity contribution in [1.82, 2.24) is 9.80 Å². The van der Waals surface area contributed by atoms with E-state index in [4.69, 9.17) is 23.2 Å². The van der Waals surface area contributed by atoms with Crippen molar-refractivity contribution in [3.05, 3.63) is 33.8 Å². The minimum atomic E-state index is -0.00182. The monoisotopic (exact) mass is 358 g/mol. The zero-order valence-corrected chi connectivity index (χ0v) is 14.9. The van der Waals surface area contributed by atoms with Gasteiger partial charge in [-0.2, -0.15) is 0 Å². The number of benzene rings is 1. The van der Waals surface area contributed by atoms with Gasteiger partial charge in [-0.25, -0.2) is 0 Å². The van der Waals surface area contributed by atoms with Crippen LogP contribution in [0.5, 0.6) is 0 Å². The molecular formula is C16H20Cl2N2OS. The molecule has 120 valence electrons. The van der Waals surface area contributed by atoms with Crippen LogP contribution in [-0.4, -0.2) is 47.1 Å². The maximum atomic E-state index is 12.5. The van der Waals surface area contributed by atoms with Crippen molar-refractivity contribution in [2.45, 2.75) is 30.4 Å². The second-order valence-corrected chi connectivity index (χ2v) is 8.12. The summed E-state index contributed by atoms with van der Waals surface area (Å²) in [6.45, 7) is 6.02. The molecule has 1 amide bonds. The van der Waals surface area contributed by atoms with Crippen molar-refractivity contribution in [1.29, 1.82) is 0 Å². The summed E-state index contributed by atoms with van der Waals surface area (Å²) in [4.78, 5) is 16.9. The van der Waals surface area contributed by atoms with Gasteiger partial charge in [0.25, 0.3) is 0 Å². The van der Waals surface area contributed by atoms with Crippen molar-refractivity contribution >= 4 is 40.9 Å². The van der Waals surface area contributed by atoms with Crippen LogP contribution >= 0.6 is 35.0 Å². The van der Waals surface area contributed by atoms with Gasteiger partial charge in [0.2, 0.25) is 5.91 Å². The summed E-state index contributed by atoms with van der Waals surface area (Å²) in [5.41, 5.74) is 1.05. The minimum absolute atomic E-state index is 0.00182. The molecule has 1 aromatic rings. The van der Waals surface area contributed by atoms with E-state index in [0.717, 1.165) is 31.7 Å². The first-order chi connectivity index (χ1) is 10.6. The first-order valence-corrected chi connectivity index (χ1v) is 9.39. The molecule has 0 aliphatic carbocycles. The Labute approximate surface area is 145 Å². The van der Waals surface area contributed by atoms with Gasteiger partial charge in [0.1, 0.15) is 5.37 Å². The van der Waals surface area contributed by atoms with Crippen LogP contribution in [-0.2, 0) is 4.79 Å². The molecule has 1 aromatic carbocycles. The minimum Gasteiger partial charge on any atom is -0.324 e. The Hall–Kier alpha value is -0.420. The summed E-state index contributed by atoms with van der Waals surface area (Å²) in [5, 5.41) is 1.14. The molecule has 3 nitrogen and oxygen atoms in total. The topological polar surface area (TPSA) is 23.6 Å². The lowest BCUT2D eigenvalue weighted by molar-refractivity contribution is -0.130. The molecule has 2 saturated heterocycles. The Kier molecular flexibility index (Phi) is 5.23. The van der Waals surface area contributed by atoms with Crippen LogP contribution in [0.1, 0.15) is 30.7 Å². The Balaban J connectivity index is 1.75. The Bertz CT molecular complexity index is 563. The van der Waals surface area contributed by atoms with Crippen LogP contribution in [0.15, 0.2) is 18.2 Å². The fourth-order valence-corrected chi connectivity index (χ4v) is 4.69. The third-order valence-corrected chi connectivity index (χ3v) is 6.46. The van der Waals surface area contributed by atoms with Gasteiger partial charge in [-0.3, -0.25) is 4.79 Å². The van der Waals surface area contributed by atoms with Crippen LogP contribution in [0.4, 0.5) is 0 Å². The fourth-order valence-electron chi connectivity index (χ4n) is 3.08. The van der Waals surface area contributed by atoms with E-state index in [1.807, 2.05) is 30.0 Å². The molecule has 2 aliphatic heterocycles. The van der Waals surface area contributed by atoms with Gasteiger partial charge >= 0.3 is 0 Å². The van der Waals surface area contributed by atoms with E-state index in [1.54, 1.807) is 11.8 Å². The zero-order chi connectivity index (χ0) is 15.7. The molecule has 2 heterocycles. The predicted octanol–water partition coefficient (Wildman–Crippen LogP) is 4.05. The van der Waals surface area contributed by atoms with Crippen LogP contribution in [0.3, 0.4) is 0 Å². The maximum Gasteiger partial charge on any atom is 0.236 e. The highest BCUT2D eigenvalue weighted by Gasteiger charge is 2.38. The fraction of sp³-hybridized carbons (Fsp3) is 0.562. The van der Waals surface area contributed by atoms with Crippen LogP contribution in [0.25, 0.3) is 0 Å². The van der Waals surface area contributed by atoms with Crippen LogP contribution in [0, 0.1) is 0 Å². The van der Waals surface area contributed by atoms with E-state index in [2.05, 4.69) is 4.90 Å². The highest BCUT2D eigenvalue weighted by Crippen LogP contribution is 2.43. The van der Waals surface area contributed by atoms with Gasteiger partial charge in [0.15, 0.2) is 0 Å². The summed E-state index contributed by atoms with van der Waals surface area (Å²) < 4.78 is 0. The van der Waals surface area contributed by atoms with E-state index in [1.165, 1.54) is 12.8 Å². The smallest absolute Gasteiger partial charge is 0.236 e. The number of thioether (sulfide) groups is 1. The molecule has 6 heteroatoms. The van der Waals surface area contributed by atoms with E-state index in [0.29, 0.717) is 10.0 Å². The largest absolute Gasteiger partial charge is 0.324 e. The molecule has 0 spiro atoms. The van der Waals surface area contributed by atoms with Crippen molar-refractivity contribution in [2.24, 2.45) is 0 Å². The normalized spacial score (nSPS) is 26.1. The molecule has 0 unspecified atom stereocenters. The number of halogens is 2. The van der Waals surface area contributed by atoms with Gasteiger partial charge < -0.3 is 9.80 Å². The van der Waals surface area contributed by atoms with Crippen molar-refractivity contribution < 1.29 is 4.79 Å². The Morgan fingerprint density at radius 2 is 1.91 bits per heavy atom. The number of amides is 1. The lowest BCUT2D eigenvalue weighted by Crippen LogP contribution is -2.37. The highest BCUT2D eigenvalue weighted by atomic mass is 35.5. The number of nitrogens with zero attached hydrogens (tertiary/aromatic N) is 2. The number of hydrogen-bond acceptors (Lipinski definition) is 3. The molecule has 0 aromatic heterocycles. The maximum absolute atomic E-state index is 12.5. The number of hydrogen-bond donors (Lipinski definition) is 0. The summed E-state index contributed by atoms with van der Waals surface area (Å²) in [6.07, 6.45) is 2.55. The van der Waals surface area contributed by atoms with Crippen molar-refractivity contribution in [3.8, 4) is 0 Å². The predicted molar refractivity (Wildman–Crippen MR) is 93.6 cm³/mol. The van der Waals surface area contributed by atoms with Crippen molar-refractivity contribution in [2.75, 3.05) is 26.2 Å². The number of carbonyl (C=O) groups excluding carboxylic acids is 1. The second kappa shape index (κ2) is 7.00. The van der Waals surface area contributed by atoms with Crippen LogP contribution < -0.4 is 0 Å². The average Bonchev–Trinajstić information content (AvgIpc) is 3.10. The summed E-state index contributed by atoms with van der Waals surface area (Å²) >= 11 is 13.8. The number of likely N-dealkylation sites (tertiary alicyclic amines) is 1. The van der Waals surface area contributed by atoms with Gasteiger partial charge in [-0.1, -0.05) is 29.3 Å². The molecule has 2 fully saturated rings. The summed E-state index contributed by atoms with van der Waals surface area (Å²) in [7, 11) is 0. The summed E-state index contributed by atoms with van der Waals surface area (Å²) in [6, 6.07) is 5.67. The molecule has 0 radical (unpaired) electrons.